The van der Waals surface area contributed by atoms with Crippen molar-refractivity contribution >= 4 is 28.9 Å². The van der Waals surface area contributed by atoms with Crippen LogP contribution in [0.5, 0.6) is 5.75 Å². The third kappa shape index (κ3) is 3.18. The minimum atomic E-state index is -0.203. The molecule has 0 saturated carbocycles. The van der Waals surface area contributed by atoms with E-state index in [1.807, 2.05) is 24.3 Å². The van der Waals surface area contributed by atoms with Gasteiger partial charge in [0.2, 0.25) is 0 Å². The number of nitrogens with one attached hydrogen (secondary N) is 2. The number of Topliss-reactive ketones (excluding diaryl/α,β-unsaturated/α-hetero) is 1. The summed E-state index contributed by atoms with van der Waals surface area (Å²) in [6.45, 7) is 3.11. The van der Waals surface area contributed by atoms with Crippen molar-refractivity contribution in [1.82, 2.24) is 5.32 Å². The van der Waals surface area contributed by atoms with Gasteiger partial charge in [-0.25, -0.2) is 0 Å². The van der Waals surface area contributed by atoms with Crippen LogP contribution in [0, 0.1) is 0 Å². The van der Waals surface area contributed by atoms with E-state index in [0.29, 0.717) is 0 Å². The molecular weight excluding hydrogens is 298 g/mol. The first kappa shape index (κ1) is 15.1. The van der Waals surface area contributed by atoms with Crippen LogP contribution in [0.3, 0.4) is 0 Å². The van der Waals surface area contributed by atoms with Crippen LogP contribution in [-0.2, 0) is 4.79 Å². The number of ether oxygens (including phenoxy) is 1. The van der Waals surface area contributed by atoms with Gasteiger partial charge >= 0.3 is 0 Å². The molecule has 0 saturated heterocycles. The minimum Gasteiger partial charge on any atom is -0.497 e. The maximum atomic E-state index is 11.5. The lowest BCUT2D eigenvalue weighted by Gasteiger charge is -2.28. The molecular formula is C16H19N3O2S. The number of nitrogens with zero attached hydrogens (tertiary/aromatic N) is 1. The van der Waals surface area contributed by atoms with E-state index in [1.165, 1.54) is 4.91 Å². The number of ketones is 1. The summed E-state index contributed by atoms with van der Waals surface area (Å²) in [6, 6.07) is 7.63. The highest BCUT2D eigenvalue weighted by Crippen LogP contribution is 2.30. The van der Waals surface area contributed by atoms with E-state index in [0.717, 1.165) is 41.7 Å². The molecule has 0 fully saturated rings. The molecule has 0 aliphatic carbocycles. The van der Waals surface area contributed by atoms with Crippen LogP contribution in [0.2, 0.25) is 0 Å². The van der Waals surface area contributed by atoms with E-state index in [4.69, 9.17) is 4.74 Å². The van der Waals surface area contributed by atoms with Crippen LogP contribution in [0.1, 0.15) is 6.92 Å². The summed E-state index contributed by atoms with van der Waals surface area (Å²) in [4.78, 5) is 17.3. The standard InChI is InChI=1S/C16H19N3O2S/c1-10(20)15-9-22-16-13(7-17-8-14(16)19-15)18-11-3-5-12(21-2)6-4-11/h3-6,15,17-18H,7-9H2,1-2H3. The molecule has 1 aromatic carbocycles. The fraction of sp³-hybridized carbons (Fsp3) is 0.375. The first-order chi connectivity index (χ1) is 10.7. The fourth-order valence-corrected chi connectivity index (χ4v) is 3.68. The molecule has 0 radical (unpaired) electrons. The zero-order valence-electron chi connectivity index (χ0n) is 12.7. The number of thioether (sulfide) groups is 1. The van der Waals surface area contributed by atoms with Crippen molar-refractivity contribution in [3.63, 3.8) is 0 Å². The molecule has 2 aliphatic rings. The highest BCUT2D eigenvalue weighted by atomic mass is 32.2. The largest absolute Gasteiger partial charge is 0.497 e. The van der Waals surface area contributed by atoms with Crippen molar-refractivity contribution < 1.29 is 9.53 Å². The zero-order valence-corrected chi connectivity index (χ0v) is 13.5. The van der Waals surface area contributed by atoms with E-state index in [2.05, 4.69) is 15.6 Å². The maximum Gasteiger partial charge on any atom is 0.155 e. The highest BCUT2D eigenvalue weighted by molar-refractivity contribution is 8.04. The highest BCUT2D eigenvalue weighted by Gasteiger charge is 2.27. The number of carbonyl (C=O) groups is 1. The van der Waals surface area contributed by atoms with Gasteiger partial charge in [-0.2, -0.15) is 0 Å². The Morgan fingerprint density at radius 1 is 1.36 bits per heavy atom. The van der Waals surface area contributed by atoms with Crippen LogP contribution in [-0.4, -0.2) is 43.5 Å². The molecule has 2 heterocycles. The van der Waals surface area contributed by atoms with Crippen molar-refractivity contribution in [3.05, 3.63) is 34.9 Å². The molecule has 5 nitrogen and oxygen atoms in total. The second-order valence-electron chi connectivity index (χ2n) is 5.28. The molecule has 1 aromatic rings. The van der Waals surface area contributed by atoms with E-state index >= 15 is 0 Å². The third-order valence-corrected chi connectivity index (χ3v) is 4.94. The number of aliphatic imine (C=N–C) groups is 1. The van der Waals surface area contributed by atoms with E-state index < -0.39 is 0 Å². The van der Waals surface area contributed by atoms with Gasteiger partial charge in [0, 0.05) is 30.2 Å². The smallest absolute Gasteiger partial charge is 0.155 e. The predicted molar refractivity (Wildman–Crippen MR) is 90.9 cm³/mol. The second kappa shape index (κ2) is 6.54. The first-order valence-electron chi connectivity index (χ1n) is 7.22. The quantitative estimate of drug-likeness (QED) is 0.890. The molecule has 3 rings (SSSR count). The fourth-order valence-electron chi connectivity index (χ4n) is 2.46. The SMILES string of the molecule is COc1ccc(NC2=C3SCC(C(C)=O)N=C3CNC2)cc1. The lowest BCUT2D eigenvalue weighted by molar-refractivity contribution is -0.117. The van der Waals surface area contributed by atoms with Crippen molar-refractivity contribution in [2.75, 3.05) is 31.3 Å². The van der Waals surface area contributed by atoms with Crippen LogP contribution >= 0.6 is 11.8 Å². The van der Waals surface area contributed by atoms with Crippen molar-refractivity contribution in [2.45, 2.75) is 13.0 Å². The van der Waals surface area contributed by atoms with E-state index in [1.54, 1.807) is 25.8 Å². The van der Waals surface area contributed by atoms with Gasteiger partial charge in [-0.1, -0.05) is 0 Å². The summed E-state index contributed by atoms with van der Waals surface area (Å²) < 4.78 is 5.17. The van der Waals surface area contributed by atoms with Gasteiger partial charge in [0.25, 0.3) is 0 Å². The number of anilines is 1. The summed E-state index contributed by atoms with van der Waals surface area (Å²) in [6.07, 6.45) is 0. The van der Waals surface area contributed by atoms with Crippen molar-refractivity contribution in [1.29, 1.82) is 0 Å². The lowest BCUT2D eigenvalue weighted by Crippen LogP contribution is -2.38. The van der Waals surface area contributed by atoms with Crippen LogP contribution < -0.4 is 15.4 Å². The summed E-state index contributed by atoms with van der Waals surface area (Å²) >= 11 is 1.72. The molecule has 1 unspecified atom stereocenters. The monoisotopic (exact) mass is 317 g/mol. The molecule has 22 heavy (non-hydrogen) atoms. The summed E-state index contributed by atoms with van der Waals surface area (Å²) in [5.74, 6) is 1.69. The number of hydrogen-bond donors (Lipinski definition) is 2. The van der Waals surface area contributed by atoms with Crippen molar-refractivity contribution in [2.24, 2.45) is 4.99 Å². The van der Waals surface area contributed by atoms with Gasteiger partial charge in [0.05, 0.1) is 17.7 Å². The minimum absolute atomic E-state index is 0.134. The van der Waals surface area contributed by atoms with Gasteiger partial charge in [0.15, 0.2) is 5.78 Å². The Kier molecular flexibility index (Phi) is 4.49. The molecule has 0 spiro atoms. The third-order valence-electron chi connectivity index (χ3n) is 3.68. The van der Waals surface area contributed by atoms with Gasteiger partial charge in [-0.05, 0) is 31.2 Å². The number of carbonyl (C=O) groups excluding carboxylic acids is 1. The lowest BCUT2D eigenvalue weighted by atomic mass is 10.1. The number of methoxy groups -OCH3 is 1. The predicted octanol–water partition coefficient (Wildman–Crippen LogP) is 2.07. The van der Waals surface area contributed by atoms with Gasteiger partial charge in [0.1, 0.15) is 11.8 Å². The Bertz CT molecular complexity index is 637. The van der Waals surface area contributed by atoms with Gasteiger partial charge in [-0.3, -0.25) is 9.79 Å². The number of fused-ring (bicyclic) bond motifs is 1. The zero-order chi connectivity index (χ0) is 15.5. The Labute approximate surface area is 134 Å². The van der Waals surface area contributed by atoms with E-state index in [-0.39, 0.29) is 11.8 Å². The second-order valence-corrected chi connectivity index (χ2v) is 6.31. The molecule has 1 atom stereocenters. The number of hydrogen-bond acceptors (Lipinski definition) is 6. The molecule has 2 N–H and O–H groups in total. The first-order valence-corrected chi connectivity index (χ1v) is 8.21. The average Bonchev–Trinajstić information content (AvgIpc) is 2.55. The molecule has 0 aromatic heterocycles. The molecule has 0 bridgehead atoms. The Hall–Kier alpha value is -1.79. The molecule has 6 heteroatoms. The van der Waals surface area contributed by atoms with Crippen LogP contribution in [0.4, 0.5) is 5.69 Å². The summed E-state index contributed by atoms with van der Waals surface area (Å²) in [5.41, 5.74) is 3.11. The number of benzene rings is 1. The Morgan fingerprint density at radius 2 is 2.14 bits per heavy atom. The number of rotatable bonds is 4. The average molecular weight is 317 g/mol. The maximum absolute atomic E-state index is 11.5. The van der Waals surface area contributed by atoms with Gasteiger partial charge < -0.3 is 15.4 Å². The van der Waals surface area contributed by atoms with Crippen LogP contribution in [0.25, 0.3) is 0 Å². The molecule has 0 amide bonds. The summed E-state index contributed by atoms with van der Waals surface area (Å²) in [5, 5.41) is 6.79. The molecule has 116 valence electrons. The van der Waals surface area contributed by atoms with Crippen molar-refractivity contribution in [3.8, 4) is 5.75 Å². The Morgan fingerprint density at radius 3 is 2.82 bits per heavy atom. The topological polar surface area (TPSA) is 62.7 Å². The normalized spacial score (nSPS) is 21.0. The van der Waals surface area contributed by atoms with Crippen LogP contribution in [0.15, 0.2) is 39.9 Å². The molecule has 2 aliphatic heterocycles. The summed E-state index contributed by atoms with van der Waals surface area (Å²) in [7, 11) is 1.66. The Balaban J connectivity index is 1.83. The van der Waals surface area contributed by atoms with Gasteiger partial charge in [-0.15, -0.1) is 11.8 Å². The van der Waals surface area contributed by atoms with E-state index in [9.17, 15) is 4.79 Å².